The summed E-state index contributed by atoms with van der Waals surface area (Å²) in [5.41, 5.74) is 3.67. The predicted octanol–water partition coefficient (Wildman–Crippen LogP) is 4.79. The second kappa shape index (κ2) is 13.0. The number of nitrogens with one attached hydrogen (secondary N) is 1. The Morgan fingerprint density at radius 1 is 1.00 bits per heavy atom. The molecule has 3 aromatic carbocycles. The lowest BCUT2D eigenvalue weighted by Crippen LogP contribution is -2.36. The van der Waals surface area contributed by atoms with Gasteiger partial charge in [0.05, 0.1) is 25.4 Å². The number of carbonyl (C=O) groups is 2. The van der Waals surface area contributed by atoms with Crippen LogP contribution in [0, 0.1) is 0 Å². The van der Waals surface area contributed by atoms with Crippen LogP contribution in [0.4, 0.5) is 4.79 Å². The highest BCUT2D eigenvalue weighted by molar-refractivity contribution is 7.89. The van der Waals surface area contributed by atoms with Gasteiger partial charge in [0.1, 0.15) is 12.4 Å². The maximum Gasteiger partial charge on any atom is 0.407 e. The topological polar surface area (TPSA) is 133 Å². The van der Waals surface area contributed by atoms with Gasteiger partial charge < -0.3 is 19.8 Å². The molecule has 0 radical (unpaired) electrons. The Labute approximate surface area is 234 Å². The Morgan fingerprint density at radius 3 is 2.27 bits per heavy atom. The Balaban J connectivity index is 1.41. The van der Waals surface area contributed by atoms with Crippen molar-refractivity contribution in [1.29, 1.82) is 0 Å². The highest BCUT2D eigenvalue weighted by Crippen LogP contribution is 2.38. The van der Waals surface area contributed by atoms with Gasteiger partial charge >= 0.3 is 6.09 Å². The molecule has 3 N–H and O–H groups in total. The Kier molecular flexibility index (Phi) is 9.44. The van der Waals surface area contributed by atoms with Gasteiger partial charge in [0.25, 0.3) is 5.91 Å². The van der Waals surface area contributed by atoms with Gasteiger partial charge in [0.15, 0.2) is 0 Å². The highest BCUT2D eigenvalue weighted by Gasteiger charge is 2.24. The highest BCUT2D eigenvalue weighted by atomic mass is 32.2. The van der Waals surface area contributed by atoms with Crippen LogP contribution < -0.4 is 9.46 Å². The molecular weight excluding hydrogens is 532 g/mol. The van der Waals surface area contributed by atoms with Crippen LogP contribution in [0.5, 0.6) is 5.75 Å². The maximum atomic E-state index is 12.7. The lowest BCUT2D eigenvalue weighted by Gasteiger charge is -2.22. The summed E-state index contributed by atoms with van der Waals surface area (Å²) in [6, 6.07) is 21.7. The number of sulfonamides is 1. The predicted molar refractivity (Wildman–Crippen MR) is 152 cm³/mol. The van der Waals surface area contributed by atoms with E-state index in [-0.39, 0.29) is 25.6 Å². The van der Waals surface area contributed by atoms with Crippen LogP contribution in [0.25, 0.3) is 11.1 Å². The number of hydrogen-bond donors (Lipinski definition) is 3. The second-order valence-electron chi connectivity index (χ2n) is 10.0. The molecule has 0 unspecified atom stereocenters. The maximum absolute atomic E-state index is 12.7. The van der Waals surface area contributed by atoms with Gasteiger partial charge in [-0.05, 0) is 59.2 Å². The number of ether oxygens (including phenoxy) is 1. The van der Waals surface area contributed by atoms with Crippen molar-refractivity contribution in [3.63, 3.8) is 0 Å². The molecule has 0 saturated heterocycles. The summed E-state index contributed by atoms with van der Waals surface area (Å²) < 4.78 is 31.1. The first-order valence-electron chi connectivity index (χ1n) is 13.2. The van der Waals surface area contributed by atoms with E-state index >= 15 is 0 Å². The van der Waals surface area contributed by atoms with Crippen LogP contribution in [0.2, 0.25) is 0 Å². The van der Waals surface area contributed by atoms with Crippen molar-refractivity contribution in [3.8, 4) is 16.9 Å². The summed E-state index contributed by atoms with van der Waals surface area (Å²) in [4.78, 5) is 25.5. The van der Waals surface area contributed by atoms with E-state index < -0.39 is 28.1 Å². The fraction of sp³-hybridized carbons (Fsp3) is 0.333. The van der Waals surface area contributed by atoms with E-state index in [9.17, 15) is 28.2 Å². The molecule has 3 aromatic rings. The zero-order valence-corrected chi connectivity index (χ0v) is 23.1. The summed E-state index contributed by atoms with van der Waals surface area (Å²) >= 11 is 0. The van der Waals surface area contributed by atoms with Gasteiger partial charge in [-0.15, -0.1) is 0 Å². The van der Waals surface area contributed by atoms with Gasteiger partial charge in [-0.1, -0.05) is 67.4 Å². The molecule has 0 bridgehead atoms. The molecule has 40 heavy (non-hydrogen) atoms. The van der Waals surface area contributed by atoms with Crippen LogP contribution >= 0.6 is 0 Å². The van der Waals surface area contributed by atoms with Crippen molar-refractivity contribution in [3.05, 3.63) is 89.5 Å². The molecule has 0 heterocycles. The number of aliphatic hydroxyl groups is 1. The lowest BCUT2D eigenvalue weighted by molar-refractivity contribution is 0.0894. The number of nitrogens with zero attached hydrogens (tertiary/aromatic N) is 1. The molecule has 0 spiro atoms. The van der Waals surface area contributed by atoms with Gasteiger partial charge in [-0.3, -0.25) is 4.79 Å². The third-order valence-electron chi connectivity index (χ3n) is 7.04. The van der Waals surface area contributed by atoms with Gasteiger partial charge in [0.2, 0.25) is 10.0 Å². The van der Waals surface area contributed by atoms with Crippen molar-refractivity contribution < 1.29 is 33.0 Å². The van der Waals surface area contributed by atoms with E-state index in [0.29, 0.717) is 16.9 Å². The van der Waals surface area contributed by atoms with Crippen molar-refractivity contribution in [2.45, 2.75) is 37.7 Å². The van der Waals surface area contributed by atoms with Crippen molar-refractivity contribution in [2.24, 2.45) is 0 Å². The van der Waals surface area contributed by atoms with Crippen molar-refractivity contribution in [1.82, 2.24) is 9.62 Å². The third kappa shape index (κ3) is 7.83. The summed E-state index contributed by atoms with van der Waals surface area (Å²) in [6.45, 7) is 0.134. The van der Waals surface area contributed by atoms with E-state index in [4.69, 9.17) is 4.74 Å². The first kappa shape index (κ1) is 29.1. The quantitative estimate of drug-likeness (QED) is 0.304. The molecular formula is C30H34N2O7S. The molecule has 2 amide bonds. The molecule has 1 saturated carbocycles. The number of hydrogen-bond acceptors (Lipinski definition) is 6. The average Bonchev–Trinajstić information content (AvgIpc) is 3.47. The molecule has 1 fully saturated rings. The van der Waals surface area contributed by atoms with Crippen LogP contribution in [0.1, 0.15) is 59.2 Å². The van der Waals surface area contributed by atoms with E-state index in [2.05, 4.69) is 4.72 Å². The number of amides is 2. The molecule has 212 valence electrons. The number of rotatable bonds is 11. The Hall–Kier alpha value is -3.89. The normalized spacial score (nSPS) is 14.4. The second-order valence-corrected chi connectivity index (χ2v) is 11.8. The zero-order valence-electron chi connectivity index (χ0n) is 22.3. The van der Waals surface area contributed by atoms with Crippen molar-refractivity contribution >= 4 is 22.0 Å². The standard InChI is InChI=1S/C30H34N2O7S/c1-40(37,38)31-29(34)26-16-13-24(19-27(26)22-7-5-6-8-22)21-11-14-25(15-12-21)39-18-17-32(30(35)36)20-28(33)23-9-3-2-4-10-23/h2-4,9-16,19,22,28,33H,5-8,17-18,20H2,1H3,(H,31,34)(H,35,36)/t28-/m1/s1. The molecule has 0 aromatic heterocycles. The Bertz CT molecular complexity index is 1420. The van der Waals surface area contributed by atoms with E-state index in [0.717, 1.165) is 53.5 Å². The van der Waals surface area contributed by atoms with Crippen LogP contribution in [0.15, 0.2) is 72.8 Å². The van der Waals surface area contributed by atoms with Crippen molar-refractivity contribution in [2.75, 3.05) is 26.0 Å². The fourth-order valence-electron chi connectivity index (χ4n) is 5.02. The first-order valence-corrected chi connectivity index (χ1v) is 15.1. The smallest absolute Gasteiger partial charge is 0.407 e. The molecule has 10 heteroatoms. The average molecular weight is 567 g/mol. The summed E-state index contributed by atoms with van der Waals surface area (Å²) in [6.07, 6.45) is 2.92. The molecule has 0 aliphatic heterocycles. The first-order chi connectivity index (χ1) is 19.1. The number of benzene rings is 3. The minimum atomic E-state index is -3.68. The molecule has 9 nitrogen and oxygen atoms in total. The molecule has 4 rings (SSSR count). The van der Waals surface area contributed by atoms with E-state index in [1.807, 2.05) is 24.3 Å². The number of carboxylic acid groups (broad SMARTS) is 1. The summed E-state index contributed by atoms with van der Waals surface area (Å²) in [5, 5.41) is 19.9. The van der Waals surface area contributed by atoms with Gasteiger partial charge in [-0.25, -0.2) is 17.9 Å². The SMILES string of the molecule is CS(=O)(=O)NC(=O)c1ccc(-c2ccc(OCCN(C[C@@H](O)c3ccccc3)C(=O)O)cc2)cc1C1CCCC1. The molecule has 1 atom stereocenters. The minimum Gasteiger partial charge on any atom is -0.492 e. The Morgan fingerprint density at radius 2 is 1.65 bits per heavy atom. The van der Waals surface area contributed by atoms with Crippen LogP contribution in [0.3, 0.4) is 0 Å². The monoisotopic (exact) mass is 566 g/mol. The van der Waals surface area contributed by atoms with Gasteiger partial charge in [0, 0.05) is 5.56 Å². The number of carbonyl (C=O) groups excluding carboxylic acids is 1. The largest absolute Gasteiger partial charge is 0.492 e. The molecule has 1 aliphatic carbocycles. The lowest BCUT2D eigenvalue weighted by atomic mass is 9.89. The number of aliphatic hydroxyl groups excluding tert-OH is 1. The zero-order chi connectivity index (χ0) is 28.7. The van der Waals surface area contributed by atoms with Crippen LogP contribution in [-0.4, -0.2) is 61.5 Å². The van der Waals surface area contributed by atoms with Crippen LogP contribution in [-0.2, 0) is 10.0 Å². The molecule has 1 aliphatic rings. The van der Waals surface area contributed by atoms with Gasteiger partial charge in [-0.2, -0.15) is 0 Å². The summed E-state index contributed by atoms with van der Waals surface area (Å²) in [5.74, 6) is 0.143. The fourth-order valence-corrected chi connectivity index (χ4v) is 5.47. The minimum absolute atomic E-state index is 0.0663. The third-order valence-corrected chi connectivity index (χ3v) is 7.59. The van der Waals surface area contributed by atoms with E-state index in [1.165, 1.54) is 0 Å². The summed E-state index contributed by atoms with van der Waals surface area (Å²) in [7, 11) is -3.68. The van der Waals surface area contributed by atoms with E-state index in [1.54, 1.807) is 48.5 Å².